The first kappa shape index (κ1) is 12.6. The molecule has 0 radical (unpaired) electrons. The first-order valence-corrected chi connectivity index (χ1v) is 6.71. The number of nitrogens with one attached hydrogen (secondary N) is 1. The van der Waals surface area contributed by atoms with Crippen LogP contribution in [0.2, 0.25) is 0 Å². The lowest BCUT2D eigenvalue weighted by Crippen LogP contribution is -2.29. The molecule has 1 saturated carbocycles. The number of benzene rings is 1. The molecule has 0 heterocycles. The molecule has 0 aliphatic heterocycles. The van der Waals surface area contributed by atoms with Gasteiger partial charge < -0.3 is 10.4 Å². The SMILES string of the molecule is CC(CCNCC(O)C1CC1)c1ccccc1. The van der Waals surface area contributed by atoms with E-state index in [2.05, 4.69) is 42.6 Å². The van der Waals surface area contributed by atoms with E-state index in [0.717, 1.165) is 19.5 Å². The maximum atomic E-state index is 9.71. The third kappa shape index (κ3) is 4.14. The van der Waals surface area contributed by atoms with Crippen molar-refractivity contribution < 1.29 is 5.11 Å². The van der Waals surface area contributed by atoms with Crippen molar-refractivity contribution in [2.24, 2.45) is 5.92 Å². The van der Waals surface area contributed by atoms with Gasteiger partial charge in [-0.05, 0) is 43.2 Å². The summed E-state index contributed by atoms with van der Waals surface area (Å²) in [6.45, 7) is 4.00. The molecule has 0 spiro atoms. The molecule has 1 aromatic carbocycles. The molecule has 2 rings (SSSR count). The summed E-state index contributed by atoms with van der Waals surface area (Å²) in [5.41, 5.74) is 1.40. The maximum absolute atomic E-state index is 9.71. The van der Waals surface area contributed by atoms with Crippen LogP contribution in [0.4, 0.5) is 0 Å². The fourth-order valence-corrected chi connectivity index (χ4v) is 2.16. The highest BCUT2D eigenvalue weighted by Crippen LogP contribution is 2.32. The molecule has 17 heavy (non-hydrogen) atoms. The minimum Gasteiger partial charge on any atom is -0.392 e. The van der Waals surface area contributed by atoms with Gasteiger partial charge >= 0.3 is 0 Å². The van der Waals surface area contributed by atoms with Gasteiger partial charge in [-0.3, -0.25) is 0 Å². The Kier molecular flexibility index (Phi) is 4.57. The first-order chi connectivity index (χ1) is 8.27. The van der Waals surface area contributed by atoms with Gasteiger partial charge in [-0.25, -0.2) is 0 Å². The highest BCUT2D eigenvalue weighted by molar-refractivity contribution is 5.18. The molecule has 0 saturated heterocycles. The highest BCUT2D eigenvalue weighted by atomic mass is 16.3. The van der Waals surface area contributed by atoms with Crippen molar-refractivity contribution in [2.45, 2.75) is 38.2 Å². The van der Waals surface area contributed by atoms with Crippen LogP contribution in [-0.2, 0) is 0 Å². The molecule has 0 aromatic heterocycles. The largest absolute Gasteiger partial charge is 0.392 e. The van der Waals surface area contributed by atoms with Gasteiger partial charge in [-0.2, -0.15) is 0 Å². The third-order valence-corrected chi connectivity index (χ3v) is 3.64. The zero-order valence-electron chi connectivity index (χ0n) is 10.6. The molecular formula is C15H23NO. The quantitative estimate of drug-likeness (QED) is 0.709. The summed E-state index contributed by atoms with van der Waals surface area (Å²) < 4.78 is 0. The Bertz CT molecular complexity index is 321. The number of rotatable bonds is 7. The average molecular weight is 233 g/mol. The fourth-order valence-electron chi connectivity index (χ4n) is 2.16. The van der Waals surface area contributed by atoms with Gasteiger partial charge in [0, 0.05) is 6.54 Å². The second-order valence-corrected chi connectivity index (χ2v) is 5.21. The van der Waals surface area contributed by atoms with Crippen molar-refractivity contribution in [1.82, 2.24) is 5.32 Å². The number of hydrogen-bond donors (Lipinski definition) is 2. The molecule has 94 valence electrons. The van der Waals surface area contributed by atoms with E-state index in [1.54, 1.807) is 0 Å². The normalized spacial score (nSPS) is 18.9. The summed E-state index contributed by atoms with van der Waals surface area (Å²) in [6.07, 6.45) is 3.43. The molecule has 0 amide bonds. The zero-order chi connectivity index (χ0) is 12.1. The van der Waals surface area contributed by atoms with Gasteiger partial charge in [0.25, 0.3) is 0 Å². The summed E-state index contributed by atoms with van der Waals surface area (Å²) >= 11 is 0. The predicted molar refractivity (Wildman–Crippen MR) is 71.1 cm³/mol. The highest BCUT2D eigenvalue weighted by Gasteiger charge is 2.28. The van der Waals surface area contributed by atoms with Gasteiger partial charge in [0.15, 0.2) is 0 Å². The molecular weight excluding hydrogens is 210 g/mol. The van der Waals surface area contributed by atoms with Crippen LogP contribution in [-0.4, -0.2) is 24.3 Å². The van der Waals surface area contributed by atoms with E-state index in [1.807, 2.05) is 0 Å². The van der Waals surface area contributed by atoms with E-state index in [1.165, 1.54) is 18.4 Å². The van der Waals surface area contributed by atoms with Crippen LogP contribution < -0.4 is 5.32 Å². The Morgan fingerprint density at radius 2 is 2.00 bits per heavy atom. The van der Waals surface area contributed by atoms with E-state index in [4.69, 9.17) is 0 Å². The predicted octanol–water partition coefficient (Wildman–Crippen LogP) is 2.54. The monoisotopic (exact) mass is 233 g/mol. The molecule has 0 bridgehead atoms. The summed E-state index contributed by atoms with van der Waals surface area (Å²) in [5, 5.41) is 13.1. The Morgan fingerprint density at radius 3 is 2.65 bits per heavy atom. The van der Waals surface area contributed by atoms with Crippen molar-refractivity contribution in [3.05, 3.63) is 35.9 Å². The van der Waals surface area contributed by atoms with Gasteiger partial charge in [-0.1, -0.05) is 37.3 Å². The number of aliphatic hydroxyl groups excluding tert-OH is 1. The van der Waals surface area contributed by atoms with Crippen LogP contribution in [0, 0.1) is 5.92 Å². The van der Waals surface area contributed by atoms with Crippen molar-refractivity contribution in [3.8, 4) is 0 Å². The summed E-state index contributed by atoms with van der Waals surface area (Å²) in [5.74, 6) is 1.16. The zero-order valence-corrected chi connectivity index (χ0v) is 10.6. The lowest BCUT2D eigenvalue weighted by molar-refractivity contribution is 0.149. The van der Waals surface area contributed by atoms with E-state index < -0.39 is 0 Å². The van der Waals surface area contributed by atoms with Gasteiger partial charge in [0.05, 0.1) is 6.10 Å². The Morgan fingerprint density at radius 1 is 1.29 bits per heavy atom. The summed E-state index contributed by atoms with van der Waals surface area (Å²) in [4.78, 5) is 0. The van der Waals surface area contributed by atoms with Crippen molar-refractivity contribution in [2.75, 3.05) is 13.1 Å². The standard InChI is InChI=1S/C15H23NO/c1-12(13-5-3-2-4-6-13)9-10-16-11-15(17)14-7-8-14/h2-6,12,14-17H,7-11H2,1H3. The minimum absolute atomic E-state index is 0.123. The van der Waals surface area contributed by atoms with Crippen LogP contribution in [0.1, 0.15) is 37.7 Å². The van der Waals surface area contributed by atoms with Gasteiger partial charge in [-0.15, -0.1) is 0 Å². The molecule has 1 fully saturated rings. The first-order valence-electron chi connectivity index (χ1n) is 6.71. The maximum Gasteiger partial charge on any atom is 0.0692 e. The van der Waals surface area contributed by atoms with E-state index >= 15 is 0 Å². The smallest absolute Gasteiger partial charge is 0.0692 e. The molecule has 1 aliphatic carbocycles. The Labute approximate surface area is 104 Å². The van der Waals surface area contributed by atoms with E-state index in [0.29, 0.717) is 11.8 Å². The van der Waals surface area contributed by atoms with E-state index in [9.17, 15) is 5.11 Å². The summed E-state index contributed by atoms with van der Waals surface area (Å²) in [6, 6.07) is 10.6. The summed E-state index contributed by atoms with van der Waals surface area (Å²) in [7, 11) is 0. The average Bonchev–Trinajstić information content (AvgIpc) is 3.19. The lowest BCUT2D eigenvalue weighted by Gasteiger charge is -2.14. The van der Waals surface area contributed by atoms with Crippen LogP contribution in [0.5, 0.6) is 0 Å². The van der Waals surface area contributed by atoms with Crippen LogP contribution in [0.3, 0.4) is 0 Å². The van der Waals surface area contributed by atoms with Crippen molar-refractivity contribution >= 4 is 0 Å². The van der Waals surface area contributed by atoms with Crippen LogP contribution in [0.25, 0.3) is 0 Å². The third-order valence-electron chi connectivity index (χ3n) is 3.64. The minimum atomic E-state index is -0.123. The Balaban J connectivity index is 1.61. The second kappa shape index (κ2) is 6.18. The lowest BCUT2D eigenvalue weighted by atomic mass is 9.98. The number of hydrogen-bond acceptors (Lipinski definition) is 2. The number of aliphatic hydroxyl groups is 1. The second-order valence-electron chi connectivity index (χ2n) is 5.21. The molecule has 2 nitrogen and oxygen atoms in total. The molecule has 2 unspecified atom stereocenters. The molecule has 2 N–H and O–H groups in total. The molecule has 2 heteroatoms. The van der Waals surface area contributed by atoms with Crippen molar-refractivity contribution in [3.63, 3.8) is 0 Å². The molecule has 1 aromatic rings. The van der Waals surface area contributed by atoms with E-state index in [-0.39, 0.29) is 6.10 Å². The van der Waals surface area contributed by atoms with Gasteiger partial charge in [0.1, 0.15) is 0 Å². The molecule has 2 atom stereocenters. The fraction of sp³-hybridized carbons (Fsp3) is 0.600. The van der Waals surface area contributed by atoms with Crippen LogP contribution in [0.15, 0.2) is 30.3 Å². The van der Waals surface area contributed by atoms with Crippen LogP contribution >= 0.6 is 0 Å². The topological polar surface area (TPSA) is 32.3 Å². The van der Waals surface area contributed by atoms with Crippen molar-refractivity contribution in [1.29, 1.82) is 0 Å². The molecule has 1 aliphatic rings. The van der Waals surface area contributed by atoms with Gasteiger partial charge in [0.2, 0.25) is 0 Å². The Hall–Kier alpha value is -0.860.